The molecule has 0 atom stereocenters. The van der Waals surface area contributed by atoms with Gasteiger partial charge in [0, 0.05) is 31.0 Å². The van der Waals surface area contributed by atoms with Gasteiger partial charge in [-0.05, 0) is 12.1 Å². The van der Waals surface area contributed by atoms with Crippen LogP contribution in [0.3, 0.4) is 0 Å². The highest BCUT2D eigenvalue weighted by atomic mass is 32.1. The van der Waals surface area contributed by atoms with Gasteiger partial charge in [-0.25, -0.2) is 9.78 Å². The van der Waals surface area contributed by atoms with Crippen molar-refractivity contribution in [3.63, 3.8) is 0 Å². The van der Waals surface area contributed by atoms with Crippen LogP contribution in [0.15, 0.2) is 49.8 Å². The molecule has 6 heteroatoms. The van der Waals surface area contributed by atoms with Crippen LogP contribution in [0.5, 0.6) is 0 Å². The molecule has 0 aromatic carbocycles. The Balaban J connectivity index is 2.32. The molecule has 0 aliphatic heterocycles. The highest BCUT2D eigenvalue weighted by Gasteiger charge is 2.19. The van der Waals surface area contributed by atoms with Crippen molar-refractivity contribution in [1.29, 1.82) is 0 Å². The summed E-state index contributed by atoms with van der Waals surface area (Å²) in [6.45, 7) is 9.41. The number of carboxylic acids is 1. The molecule has 1 N–H and O–H groups in total. The van der Waals surface area contributed by atoms with Gasteiger partial charge < -0.3 is 5.11 Å². The van der Waals surface area contributed by atoms with Crippen LogP contribution in [0.25, 0.3) is 11.3 Å². The van der Waals surface area contributed by atoms with Gasteiger partial charge in [-0.3, -0.25) is 9.88 Å². The van der Waals surface area contributed by atoms with Crippen molar-refractivity contribution in [3.8, 4) is 11.3 Å². The second-order valence-electron chi connectivity index (χ2n) is 4.60. The van der Waals surface area contributed by atoms with E-state index in [9.17, 15) is 9.90 Å². The molecule has 0 spiro atoms. The number of rotatable bonds is 8. The van der Waals surface area contributed by atoms with Gasteiger partial charge >= 0.3 is 5.97 Å². The molecule has 2 aromatic rings. The lowest BCUT2D eigenvalue weighted by molar-refractivity contribution is 0.0702. The third-order valence-electron chi connectivity index (χ3n) is 2.95. The Morgan fingerprint density at radius 1 is 1.27 bits per heavy atom. The number of aromatic carboxylic acids is 1. The van der Waals surface area contributed by atoms with E-state index < -0.39 is 5.97 Å². The third-order valence-corrected chi connectivity index (χ3v) is 3.98. The molecule has 2 aromatic heterocycles. The van der Waals surface area contributed by atoms with Crippen molar-refractivity contribution in [1.82, 2.24) is 14.9 Å². The number of hydrogen-bond donors (Lipinski definition) is 1. The first-order chi connectivity index (χ1) is 10.7. The normalized spacial score (nSPS) is 10.6. The summed E-state index contributed by atoms with van der Waals surface area (Å²) in [7, 11) is 0. The number of carboxylic acid groups (broad SMARTS) is 1. The van der Waals surface area contributed by atoms with Crippen LogP contribution < -0.4 is 0 Å². The minimum atomic E-state index is -0.963. The molecule has 0 aliphatic carbocycles. The van der Waals surface area contributed by atoms with E-state index in [0.29, 0.717) is 25.3 Å². The van der Waals surface area contributed by atoms with Gasteiger partial charge in [-0.2, -0.15) is 0 Å². The van der Waals surface area contributed by atoms with Crippen LogP contribution in [-0.4, -0.2) is 39.0 Å². The third kappa shape index (κ3) is 3.87. The molecule has 114 valence electrons. The predicted molar refractivity (Wildman–Crippen MR) is 88.0 cm³/mol. The molecule has 0 bridgehead atoms. The summed E-state index contributed by atoms with van der Waals surface area (Å²) >= 11 is 1.20. The van der Waals surface area contributed by atoms with Crippen molar-refractivity contribution < 1.29 is 9.90 Å². The first kappa shape index (κ1) is 16.1. The van der Waals surface area contributed by atoms with Gasteiger partial charge in [0.2, 0.25) is 0 Å². The summed E-state index contributed by atoms with van der Waals surface area (Å²) < 4.78 is 0. The van der Waals surface area contributed by atoms with E-state index in [1.165, 1.54) is 11.3 Å². The van der Waals surface area contributed by atoms with E-state index in [0.717, 1.165) is 10.6 Å². The topological polar surface area (TPSA) is 66.3 Å². The van der Waals surface area contributed by atoms with E-state index >= 15 is 0 Å². The highest BCUT2D eigenvalue weighted by Crippen LogP contribution is 2.28. The fourth-order valence-electron chi connectivity index (χ4n) is 2.04. The lowest BCUT2D eigenvalue weighted by atomic mass is 10.2. The molecule has 2 rings (SSSR count). The van der Waals surface area contributed by atoms with E-state index in [1.54, 1.807) is 36.7 Å². The molecule has 0 radical (unpaired) electrons. The van der Waals surface area contributed by atoms with Crippen molar-refractivity contribution in [3.05, 3.63) is 59.7 Å². The summed E-state index contributed by atoms with van der Waals surface area (Å²) in [5.41, 5.74) is 1.25. The van der Waals surface area contributed by atoms with Gasteiger partial charge in [0.25, 0.3) is 0 Å². The monoisotopic (exact) mass is 315 g/mol. The molecule has 0 unspecified atom stereocenters. The number of nitrogens with zero attached hydrogens (tertiary/aromatic N) is 3. The van der Waals surface area contributed by atoms with E-state index in [2.05, 4.69) is 28.0 Å². The van der Waals surface area contributed by atoms with E-state index in [-0.39, 0.29) is 4.88 Å². The molecule has 0 saturated heterocycles. The zero-order valence-corrected chi connectivity index (χ0v) is 12.9. The maximum atomic E-state index is 11.5. The summed E-state index contributed by atoms with van der Waals surface area (Å²) in [5.74, 6) is -0.963. The smallest absolute Gasteiger partial charge is 0.348 e. The largest absolute Gasteiger partial charge is 0.477 e. The summed E-state index contributed by atoms with van der Waals surface area (Å²) in [5, 5.41) is 10.1. The zero-order chi connectivity index (χ0) is 15.9. The van der Waals surface area contributed by atoms with Gasteiger partial charge in [0.15, 0.2) is 0 Å². The Labute approximate surface area is 133 Å². The molecular formula is C16H17N3O2S. The summed E-state index contributed by atoms with van der Waals surface area (Å²) in [4.78, 5) is 22.2. The first-order valence-corrected chi connectivity index (χ1v) is 7.55. The van der Waals surface area contributed by atoms with Gasteiger partial charge in [-0.1, -0.05) is 12.2 Å². The number of carbonyl (C=O) groups is 1. The Bertz CT molecular complexity index is 657. The Morgan fingerprint density at radius 3 is 2.45 bits per heavy atom. The predicted octanol–water partition coefficient (Wildman–Crippen LogP) is 3.08. The SMILES string of the molecule is C=CCN(CC=C)Cc1nc(-c2ccncc2)c(C(=O)O)s1. The minimum Gasteiger partial charge on any atom is -0.477 e. The molecular weight excluding hydrogens is 298 g/mol. The first-order valence-electron chi connectivity index (χ1n) is 6.73. The summed E-state index contributed by atoms with van der Waals surface area (Å²) in [6.07, 6.45) is 6.86. The Kier molecular flexibility index (Phi) is 5.57. The molecule has 5 nitrogen and oxygen atoms in total. The average molecular weight is 315 g/mol. The van der Waals surface area contributed by atoms with E-state index in [1.807, 2.05) is 0 Å². The van der Waals surface area contributed by atoms with Crippen LogP contribution in [0, 0.1) is 0 Å². The molecule has 0 saturated carbocycles. The fourth-order valence-corrected chi connectivity index (χ4v) is 3.01. The number of pyridine rings is 1. The lowest BCUT2D eigenvalue weighted by Gasteiger charge is -2.16. The standard InChI is InChI=1S/C16H17N3O2S/c1-3-9-19(10-4-2)11-13-18-14(15(22-13)16(20)21)12-5-7-17-8-6-12/h3-8H,1-2,9-11H2,(H,20,21). The Hall–Kier alpha value is -2.31. The summed E-state index contributed by atoms with van der Waals surface area (Å²) in [6, 6.07) is 3.52. The van der Waals surface area contributed by atoms with Crippen LogP contribution in [-0.2, 0) is 6.54 Å². The van der Waals surface area contributed by atoms with Crippen LogP contribution in [0.4, 0.5) is 0 Å². The van der Waals surface area contributed by atoms with Gasteiger partial charge in [0.1, 0.15) is 9.88 Å². The highest BCUT2D eigenvalue weighted by molar-refractivity contribution is 7.14. The van der Waals surface area contributed by atoms with Crippen molar-refractivity contribution in [2.24, 2.45) is 0 Å². The molecule has 22 heavy (non-hydrogen) atoms. The lowest BCUT2D eigenvalue weighted by Crippen LogP contribution is -2.23. The van der Waals surface area contributed by atoms with Crippen molar-refractivity contribution in [2.75, 3.05) is 13.1 Å². The second-order valence-corrected chi connectivity index (χ2v) is 5.68. The fraction of sp³-hybridized carbons (Fsp3) is 0.188. The quantitative estimate of drug-likeness (QED) is 0.758. The zero-order valence-electron chi connectivity index (χ0n) is 12.1. The van der Waals surface area contributed by atoms with Crippen LogP contribution >= 0.6 is 11.3 Å². The average Bonchev–Trinajstić information content (AvgIpc) is 2.93. The Morgan fingerprint density at radius 2 is 1.91 bits per heavy atom. The second kappa shape index (κ2) is 7.63. The van der Waals surface area contributed by atoms with Crippen molar-refractivity contribution in [2.45, 2.75) is 6.54 Å². The number of thiazole rings is 1. The van der Waals surface area contributed by atoms with Crippen molar-refractivity contribution >= 4 is 17.3 Å². The maximum absolute atomic E-state index is 11.5. The number of hydrogen-bond acceptors (Lipinski definition) is 5. The van der Waals surface area contributed by atoms with Crippen LogP contribution in [0.2, 0.25) is 0 Å². The van der Waals surface area contributed by atoms with Crippen LogP contribution in [0.1, 0.15) is 14.7 Å². The minimum absolute atomic E-state index is 0.248. The molecule has 0 fully saturated rings. The van der Waals surface area contributed by atoms with Gasteiger partial charge in [-0.15, -0.1) is 24.5 Å². The molecule has 2 heterocycles. The maximum Gasteiger partial charge on any atom is 0.348 e. The molecule has 0 aliphatic rings. The molecule has 0 amide bonds. The van der Waals surface area contributed by atoms with E-state index in [4.69, 9.17) is 0 Å². The van der Waals surface area contributed by atoms with Gasteiger partial charge in [0.05, 0.1) is 12.2 Å². The number of aromatic nitrogens is 2.